The summed E-state index contributed by atoms with van der Waals surface area (Å²) in [6.07, 6.45) is 12.5. The smallest absolute Gasteiger partial charge is 0.0841 e. The van der Waals surface area contributed by atoms with Gasteiger partial charge in [0.25, 0.3) is 0 Å². The normalized spacial score (nSPS) is 46.0. The van der Waals surface area contributed by atoms with Crippen LogP contribution in [-0.2, 0) is 4.74 Å². The molecule has 1 aliphatic heterocycles. The zero-order valence-electron chi connectivity index (χ0n) is 20.8. The summed E-state index contributed by atoms with van der Waals surface area (Å²) in [7, 11) is 0. The van der Waals surface area contributed by atoms with E-state index in [2.05, 4.69) is 54.5 Å². The minimum Gasteiger partial charge on any atom is -0.389 e. The van der Waals surface area contributed by atoms with Gasteiger partial charge in [-0.2, -0.15) is 0 Å². The third-order valence-corrected chi connectivity index (χ3v) is 10.4. The van der Waals surface area contributed by atoms with E-state index in [1.807, 2.05) is 0 Å². The van der Waals surface area contributed by atoms with Crippen LogP contribution in [0.3, 0.4) is 0 Å². The highest BCUT2D eigenvalue weighted by atomic mass is 16.5. The highest BCUT2D eigenvalue weighted by Gasteiger charge is 2.62. The van der Waals surface area contributed by atoms with Crippen molar-refractivity contribution in [2.75, 3.05) is 6.61 Å². The van der Waals surface area contributed by atoms with Crippen LogP contribution in [0.2, 0.25) is 0 Å². The zero-order chi connectivity index (χ0) is 21.9. The fourth-order valence-corrected chi connectivity index (χ4v) is 8.92. The molecule has 0 bridgehead atoms. The molecule has 0 amide bonds. The molecule has 2 saturated carbocycles. The van der Waals surface area contributed by atoms with Crippen LogP contribution in [0.25, 0.3) is 0 Å². The molecule has 0 unspecified atom stereocenters. The second-order valence-corrected chi connectivity index (χ2v) is 12.9. The van der Waals surface area contributed by atoms with Crippen LogP contribution in [0.1, 0.15) is 99.8 Å². The third-order valence-electron chi connectivity index (χ3n) is 10.4. The first kappa shape index (κ1) is 22.8. The van der Waals surface area contributed by atoms with Crippen molar-refractivity contribution in [1.82, 2.24) is 0 Å². The Morgan fingerprint density at radius 3 is 2.43 bits per heavy atom. The molecule has 2 nitrogen and oxygen atoms in total. The fraction of sp³-hybridized carbons (Fsp3) is 0.929. The predicted molar refractivity (Wildman–Crippen MR) is 125 cm³/mol. The quantitative estimate of drug-likeness (QED) is 0.488. The second-order valence-electron chi connectivity index (χ2n) is 12.9. The van der Waals surface area contributed by atoms with Crippen molar-refractivity contribution in [3.63, 3.8) is 0 Å². The van der Waals surface area contributed by atoms with E-state index < -0.39 is 0 Å². The SMILES string of the molecule is CC(C)CCC[C@@H](C)[C@H]1CC[C@H]2[C@@H]3[C@@H](O)C=C4C(C)(C)OCC[C@]4(C)[C@H]3CC[C@]12C. The van der Waals surface area contributed by atoms with Gasteiger partial charge >= 0.3 is 0 Å². The molecule has 4 rings (SSSR count). The van der Waals surface area contributed by atoms with Gasteiger partial charge in [0.05, 0.1) is 11.7 Å². The molecule has 0 spiro atoms. The van der Waals surface area contributed by atoms with E-state index in [0.717, 1.165) is 30.8 Å². The Bertz CT molecular complexity index is 664. The lowest BCUT2D eigenvalue weighted by molar-refractivity contribution is -0.131. The molecule has 8 atom stereocenters. The third kappa shape index (κ3) is 3.53. The molecule has 172 valence electrons. The Labute approximate surface area is 186 Å². The van der Waals surface area contributed by atoms with Gasteiger partial charge in [0.1, 0.15) is 0 Å². The number of ether oxygens (including phenoxy) is 1. The summed E-state index contributed by atoms with van der Waals surface area (Å²) in [6.45, 7) is 17.6. The second kappa shape index (κ2) is 7.91. The molecule has 3 aliphatic carbocycles. The van der Waals surface area contributed by atoms with Crippen molar-refractivity contribution in [1.29, 1.82) is 0 Å². The maximum atomic E-state index is 11.4. The predicted octanol–water partition coefficient (Wildman–Crippen LogP) is 7.01. The highest BCUT2D eigenvalue weighted by Crippen LogP contribution is 2.67. The molecule has 4 aliphatic rings. The number of fused-ring (bicyclic) bond motifs is 5. The zero-order valence-corrected chi connectivity index (χ0v) is 20.8. The van der Waals surface area contributed by atoms with Crippen molar-refractivity contribution in [3.8, 4) is 0 Å². The van der Waals surface area contributed by atoms with Crippen LogP contribution in [0, 0.1) is 46.3 Å². The Kier molecular flexibility index (Phi) is 6.02. The fourth-order valence-electron chi connectivity index (χ4n) is 8.92. The number of aliphatic hydroxyl groups excluding tert-OH is 1. The maximum Gasteiger partial charge on any atom is 0.0841 e. The topological polar surface area (TPSA) is 29.5 Å². The average Bonchev–Trinajstić information content (AvgIpc) is 3.00. The molecule has 0 aromatic heterocycles. The summed E-state index contributed by atoms with van der Waals surface area (Å²) in [5.41, 5.74) is 1.77. The van der Waals surface area contributed by atoms with Crippen LogP contribution in [-0.4, -0.2) is 23.4 Å². The molecular weight excluding hydrogens is 368 g/mol. The van der Waals surface area contributed by atoms with Gasteiger partial charge in [0.15, 0.2) is 0 Å². The molecule has 1 heterocycles. The molecule has 0 aromatic carbocycles. The Balaban J connectivity index is 1.57. The maximum absolute atomic E-state index is 11.4. The van der Waals surface area contributed by atoms with Gasteiger partial charge < -0.3 is 9.84 Å². The van der Waals surface area contributed by atoms with Crippen molar-refractivity contribution < 1.29 is 9.84 Å². The number of hydrogen-bond acceptors (Lipinski definition) is 2. The largest absolute Gasteiger partial charge is 0.389 e. The van der Waals surface area contributed by atoms with Crippen molar-refractivity contribution in [2.24, 2.45) is 46.3 Å². The van der Waals surface area contributed by atoms with Crippen LogP contribution < -0.4 is 0 Å². The number of rotatable bonds is 5. The van der Waals surface area contributed by atoms with Crippen molar-refractivity contribution in [2.45, 2.75) is 112 Å². The first-order valence-electron chi connectivity index (χ1n) is 13.1. The summed E-state index contributed by atoms with van der Waals surface area (Å²) < 4.78 is 6.16. The van der Waals surface area contributed by atoms with Gasteiger partial charge in [-0.15, -0.1) is 0 Å². The van der Waals surface area contributed by atoms with Gasteiger partial charge in [-0.05, 0) is 97.9 Å². The van der Waals surface area contributed by atoms with E-state index in [-0.39, 0.29) is 17.1 Å². The van der Waals surface area contributed by atoms with Crippen LogP contribution in [0.15, 0.2) is 11.6 Å². The number of hydrogen-bond donors (Lipinski definition) is 1. The van der Waals surface area contributed by atoms with E-state index in [0.29, 0.717) is 23.2 Å². The van der Waals surface area contributed by atoms with E-state index in [4.69, 9.17) is 4.74 Å². The van der Waals surface area contributed by atoms with Gasteiger partial charge in [-0.25, -0.2) is 0 Å². The standard InChI is InChI=1S/C28H48O2/c1-18(2)9-8-10-19(3)20-11-12-21-25-22(13-14-27(20,21)6)28(7)15-16-30-26(4,5)24(28)17-23(25)29/h17-23,25,29H,8-16H2,1-7H3/t19-,20-,21+,22+,23+,25+,27-,28-/m1/s1. The molecule has 30 heavy (non-hydrogen) atoms. The van der Waals surface area contributed by atoms with Crippen LogP contribution in [0.5, 0.6) is 0 Å². The average molecular weight is 417 g/mol. The Hall–Kier alpha value is -0.340. The van der Waals surface area contributed by atoms with E-state index >= 15 is 0 Å². The molecule has 1 N–H and O–H groups in total. The van der Waals surface area contributed by atoms with Crippen molar-refractivity contribution in [3.05, 3.63) is 11.6 Å². The van der Waals surface area contributed by atoms with E-state index in [1.165, 1.54) is 50.5 Å². The summed E-state index contributed by atoms with van der Waals surface area (Å²) in [5.74, 6) is 4.22. The minimum absolute atomic E-state index is 0.202. The van der Waals surface area contributed by atoms with Crippen LogP contribution in [0.4, 0.5) is 0 Å². The monoisotopic (exact) mass is 416 g/mol. The molecule has 1 saturated heterocycles. The van der Waals surface area contributed by atoms with Gasteiger partial charge in [0.2, 0.25) is 0 Å². The van der Waals surface area contributed by atoms with Crippen molar-refractivity contribution >= 4 is 0 Å². The van der Waals surface area contributed by atoms with Gasteiger partial charge in [-0.1, -0.05) is 60.0 Å². The number of aliphatic hydroxyl groups is 1. The summed E-state index contributed by atoms with van der Waals surface area (Å²) in [5, 5.41) is 11.4. The molecule has 0 aromatic rings. The summed E-state index contributed by atoms with van der Waals surface area (Å²) in [6, 6.07) is 0. The minimum atomic E-state index is -0.293. The summed E-state index contributed by atoms with van der Waals surface area (Å²) in [4.78, 5) is 0. The van der Waals surface area contributed by atoms with Gasteiger partial charge in [-0.3, -0.25) is 0 Å². The Morgan fingerprint density at radius 1 is 1.00 bits per heavy atom. The lowest BCUT2D eigenvalue weighted by atomic mass is 9.46. The lowest BCUT2D eigenvalue weighted by Crippen LogP contribution is -2.58. The Morgan fingerprint density at radius 2 is 1.73 bits per heavy atom. The van der Waals surface area contributed by atoms with E-state index in [1.54, 1.807) is 0 Å². The molecule has 0 radical (unpaired) electrons. The first-order chi connectivity index (χ1) is 14.0. The highest BCUT2D eigenvalue weighted by molar-refractivity contribution is 5.32. The summed E-state index contributed by atoms with van der Waals surface area (Å²) >= 11 is 0. The van der Waals surface area contributed by atoms with E-state index in [9.17, 15) is 5.11 Å². The molecule has 3 fully saturated rings. The molecular formula is C28H48O2. The van der Waals surface area contributed by atoms with Crippen LogP contribution >= 0.6 is 0 Å². The first-order valence-corrected chi connectivity index (χ1v) is 13.1. The lowest BCUT2D eigenvalue weighted by Gasteiger charge is -2.61. The van der Waals surface area contributed by atoms with Gasteiger partial charge in [0, 0.05) is 6.61 Å². The molecule has 2 heteroatoms.